The molecular formula is C20H29FO2. The average molecular weight is 320 g/mol. The van der Waals surface area contributed by atoms with Gasteiger partial charge in [-0.1, -0.05) is 33.3 Å². The van der Waals surface area contributed by atoms with E-state index in [4.69, 9.17) is 4.74 Å². The van der Waals surface area contributed by atoms with Gasteiger partial charge in [0, 0.05) is 13.5 Å². The first-order valence-electron chi connectivity index (χ1n) is 8.72. The van der Waals surface area contributed by atoms with Crippen molar-refractivity contribution in [2.75, 3.05) is 13.7 Å². The maximum Gasteiger partial charge on any atom is 0.159 e. The Labute approximate surface area is 139 Å². The summed E-state index contributed by atoms with van der Waals surface area (Å²) < 4.78 is 18.7. The maximum absolute atomic E-state index is 13.6. The molecule has 1 aromatic rings. The van der Waals surface area contributed by atoms with E-state index in [-0.39, 0.29) is 23.6 Å². The molecule has 0 heterocycles. The summed E-state index contributed by atoms with van der Waals surface area (Å²) in [5.41, 5.74) is 2.34. The fourth-order valence-corrected chi connectivity index (χ4v) is 4.70. The lowest BCUT2D eigenvalue weighted by Crippen LogP contribution is -2.39. The van der Waals surface area contributed by atoms with Crippen LogP contribution in [-0.4, -0.2) is 19.5 Å². The Morgan fingerprint density at radius 1 is 1.43 bits per heavy atom. The summed E-state index contributed by atoms with van der Waals surface area (Å²) in [6.07, 6.45) is 4.46. The molecule has 1 aliphatic rings. The second kappa shape index (κ2) is 7.57. The third kappa shape index (κ3) is 3.82. The monoisotopic (exact) mass is 320 g/mol. The summed E-state index contributed by atoms with van der Waals surface area (Å²) in [6, 6.07) is 5.18. The molecule has 2 nitrogen and oxygen atoms in total. The largest absolute Gasteiger partial charge is 0.377 e. The third-order valence-electron chi connectivity index (χ3n) is 5.26. The van der Waals surface area contributed by atoms with Crippen LogP contribution in [0.2, 0.25) is 0 Å². The molecule has 0 saturated heterocycles. The van der Waals surface area contributed by atoms with Crippen LogP contribution >= 0.6 is 0 Å². The molecule has 128 valence electrons. The highest BCUT2D eigenvalue weighted by atomic mass is 19.1. The normalized spacial score (nSPS) is 23.8. The molecule has 0 fully saturated rings. The van der Waals surface area contributed by atoms with Crippen LogP contribution < -0.4 is 0 Å². The fourth-order valence-electron chi connectivity index (χ4n) is 4.70. The Morgan fingerprint density at radius 3 is 2.78 bits per heavy atom. The molecule has 0 unspecified atom stereocenters. The van der Waals surface area contributed by atoms with E-state index >= 15 is 0 Å². The number of carbonyl (C=O) groups excluding carboxylic acids is 1. The Bertz CT molecular complexity index is 553. The SMILES string of the molecule is CCC[C@@]1(CC(=O)COC)CCc2cc(F)ccc2[C@@H]1C(C)C. The van der Waals surface area contributed by atoms with E-state index in [0.29, 0.717) is 18.3 Å². The molecule has 0 bridgehead atoms. The van der Waals surface area contributed by atoms with Crippen LogP contribution in [0.15, 0.2) is 18.2 Å². The Balaban J connectivity index is 2.44. The molecule has 0 saturated carbocycles. The second-order valence-corrected chi connectivity index (χ2v) is 7.33. The van der Waals surface area contributed by atoms with Crippen LogP contribution in [0.4, 0.5) is 4.39 Å². The number of halogens is 1. The second-order valence-electron chi connectivity index (χ2n) is 7.33. The van der Waals surface area contributed by atoms with Crippen molar-refractivity contribution in [3.05, 3.63) is 35.1 Å². The molecular weight excluding hydrogens is 291 g/mol. The summed E-state index contributed by atoms with van der Waals surface area (Å²) in [5.74, 6) is 0.732. The zero-order valence-corrected chi connectivity index (χ0v) is 14.8. The number of aryl methyl sites for hydroxylation is 1. The van der Waals surface area contributed by atoms with Crippen molar-refractivity contribution in [3.63, 3.8) is 0 Å². The van der Waals surface area contributed by atoms with Gasteiger partial charge in [-0.2, -0.15) is 0 Å². The smallest absolute Gasteiger partial charge is 0.159 e. The summed E-state index contributed by atoms with van der Waals surface area (Å²) in [5, 5.41) is 0. The maximum atomic E-state index is 13.6. The molecule has 0 amide bonds. The molecule has 2 atom stereocenters. The number of Topliss-reactive ketones (excluding diaryl/α,β-unsaturated/α-hetero) is 1. The molecule has 0 N–H and O–H groups in total. The van der Waals surface area contributed by atoms with Crippen LogP contribution in [0.25, 0.3) is 0 Å². The average Bonchev–Trinajstić information content (AvgIpc) is 2.47. The van der Waals surface area contributed by atoms with E-state index in [1.54, 1.807) is 19.2 Å². The van der Waals surface area contributed by atoms with Gasteiger partial charge in [-0.15, -0.1) is 0 Å². The van der Waals surface area contributed by atoms with Crippen molar-refractivity contribution < 1.29 is 13.9 Å². The number of methoxy groups -OCH3 is 1. The minimum atomic E-state index is -0.162. The first-order valence-corrected chi connectivity index (χ1v) is 8.72. The van der Waals surface area contributed by atoms with Crippen molar-refractivity contribution in [1.29, 1.82) is 0 Å². The highest BCUT2D eigenvalue weighted by Gasteiger charge is 2.45. The highest BCUT2D eigenvalue weighted by Crippen LogP contribution is 2.54. The van der Waals surface area contributed by atoms with Crippen molar-refractivity contribution >= 4 is 5.78 Å². The molecule has 0 radical (unpaired) electrons. The van der Waals surface area contributed by atoms with Crippen molar-refractivity contribution in [2.24, 2.45) is 11.3 Å². The topological polar surface area (TPSA) is 26.3 Å². The number of benzene rings is 1. The van der Waals surface area contributed by atoms with Gasteiger partial charge < -0.3 is 4.74 Å². The molecule has 1 aliphatic carbocycles. The molecule has 2 rings (SSSR count). The number of rotatable bonds is 7. The molecule has 1 aromatic carbocycles. The van der Waals surface area contributed by atoms with Gasteiger partial charge in [0.1, 0.15) is 12.4 Å². The van der Waals surface area contributed by atoms with E-state index in [1.165, 1.54) is 5.56 Å². The first-order chi connectivity index (χ1) is 10.9. The van der Waals surface area contributed by atoms with Gasteiger partial charge in [0.15, 0.2) is 5.78 Å². The number of carbonyl (C=O) groups is 1. The van der Waals surface area contributed by atoms with E-state index in [0.717, 1.165) is 31.2 Å². The number of fused-ring (bicyclic) bond motifs is 1. The number of hydrogen-bond acceptors (Lipinski definition) is 2. The lowest BCUT2D eigenvalue weighted by atomic mass is 9.57. The Morgan fingerprint density at radius 2 is 2.17 bits per heavy atom. The predicted octanol–water partition coefficient (Wildman–Crippen LogP) is 4.90. The van der Waals surface area contributed by atoms with Crippen molar-refractivity contribution in [2.45, 2.75) is 58.8 Å². The lowest BCUT2D eigenvalue weighted by Gasteiger charge is -2.47. The van der Waals surface area contributed by atoms with Gasteiger partial charge in [-0.25, -0.2) is 4.39 Å². The summed E-state index contributed by atoms with van der Waals surface area (Å²) in [4.78, 5) is 12.3. The van der Waals surface area contributed by atoms with Crippen LogP contribution in [0.1, 0.15) is 63.5 Å². The third-order valence-corrected chi connectivity index (χ3v) is 5.26. The summed E-state index contributed by atoms with van der Waals surface area (Å²) in [7, 11) is 1.57. The van der Waals surface area contributed by atoms with Gasteiger partial charge in [0.25, 0.3) is 0 Å². The van der Waals surface area contributed by atoms with Crippen LogP contribution in [-0.2, 0) is 16.0 Å². The molecule has 0 aliphatic heterocycles. The van der Waals surface area contributed by atoms with Gasteiger partial charge in [0.2, 0.25) is 0 Å². The Hall–Kier alpha value is -1.22. The first kappa shape index (κ1) is 18.1. The summed E-state index contributed by atoms with van der Waals surface area (Å²) >= 11 is 0. The van der Waals surface area contributed by atoms with Crippen molar-refractivity contribution in [1.82, 2.24) is 0 Å². The fraction of sp³-hybridized carbons (Fsp3) is 0.650. The molecule has 3 heteroatoms. The van der Waals surface area contributed by atoms with Crippen LogP contribution in [0, 0.1) is 17.2 Å². The van der Waals surface area contributed by atoms with E-state index < -0.39 is 0 Å². The molecule has 0 spiro atoms. The van der Waals surface area contributed by atoms with Gasteiger partial charge in [-0.05, 0) is 59.8 Å². The van der Waals surface area contributed by atoms with E-state index in [2.05, 4.69) is 20.8 Å². The minimum absolute atomic E-state index is 0.0244. The zero-order chi connectivity index (χ0) is 17.0. The van der Waals surface area contributed by atoms with Crippen LogP contribution in [0.5, 0.6) is 0 Å². The predicted molar refractivity (Wildman–Crippen MR) is 91.1 cm³/mol. The lowest BCUT2D eigenvalue weighted by molar-refractivity contribution is -0.126. The summed E-state index contributed by atoms with van der Waals surface area (Å²) in [6.45, 7) is 6.80. The number of hydrogen-bond donors (Lipinski definition) is 0. The van der Waals surface area contributed by atoms with Crippen LogP contribution in [0.3, 0.4) is 0 Å². The van der Waals surface area contributed by atoms with Gasteiger partial charge in [0.05, 0.1) is 0 Å². The van der Waals surface area contributed by atoms with Crippen molar-refractivity contribution in [3.8, 4) is 0 Å². The van der Waals surface area contributed by atoms with E-state index in [1.807, 2.05) is 6.07 Å². The molecule has 23 heavy (non-hydrogen) atoms. The van der Waals surface area contributed by atoms with Gasteiger partial charge >= 0.3 is 0 Å². The standard InChI is InChI=1S/C20H29FO2/c1-5-9-20(12-17(22)13-23-4)10-8-15-11-16(21)6-7-18(15)19(20)14(2)3/h6-7,11,14,19H,5,8-10,12-13H2,1-4H3/t19-,20-/m0/s1. The zero-order valence-electron chi connectivity index (χ0n) is 14.8. The van der Waals surface area contributed by atoms with E-state index in [9.17, 15) is 9.18 Å². The van der Waals surface area contributed by atoms with Gasteiger partial charge in [-0.3, -0.25) is 4.79 Å². The highest BCUT2D eigenvalue weighted by molar-refractivity contribution is 5.80. The Kier molecular flexibility index (Phi) is 5.96. The minimum Gasteiger partial charge on any atom is -0.377 e. The molecule has 0 aromatic heterocycles. The quantitative estimate of drug-likeness (QED) is 0.714. The number of ketones is 1. The number of ether oxygens (including phenoxy) is 1.